The number of carbonyl (C=O) groups is 2. The third-order valence-corrected chi connectivity index (χ3v) is 4.37. The van der Waals surface area contributed by atoms with Crippen LogP contribution in [0.3, 0.4) is 0 Å². The normalized spacial score (nSPS) is 15.9. The Hall–Kier alpha value is -2.53. The first-order valence-electron chi connectivity index (χ1n) is 8.03. The molecule has 2 aromatic carbocycles. The van der Waals surface area contributed by atoms with Gasteiger partial charge in [0.25, 0.3) is 5.91 Å². The number of rotatable bonds is 5. The van der Waals surface area contributed by atoms with Gasteiger partial charge in [0, 0.05) is 12.5 Å². The number of ether oxygens (including phenoxy) is 1. The van der Waals surface area contributed by atoms with E-state index in [0.29, 0.717) is 29.4 Å². The van der Waals surface area contributed by atoms with Crippen molar-refractivity contribution in [3.63, 3.8) is 0 Å². The molecule has 0 radical (unpaired) electrons. The number of fused-ring (bicyclic) bond motifs is 1. The lowest BCUT2D eigenvalue weighted by Crippen LogP contribution is -2.38. The fourth-order valence-corrected chi connectivity index (χ4v) is 3.19. The van der Waals surface area contributed by atoms with Crippen LogP contribution in [0.15, 0.2) is 42.5 Å². The zero-order chi connectivity index (χ0) is 18.0. The highest BCUT2D eigenvalue weighted by molar-refractivity contribution is 6.34. The van der Waals surface area contributed by atoms with E-state index < -0.39 is 6.04 Å². The third kappa shape index (κ3) is 3.61. The molecule has 0 bridgehead atoms. The average Bonchev–Trinajstić information content (AvgIpc) is 2.83. The summed E-state index contributed by atoms with van der Waals surface area (Å²) in [6.45, 7) is 4.07. The molecule has 3 rings (SSSR count). The van der Waals surface area contributed by atoms with Crippen molar-refractivity contribution in [1.29, 1.82) is 0 Å². The number of amides is 2. The van der Waals surface area contributed by atoms with Gasteiger partial charge in [-0.05, 0) is 25.1 Å². The highest BCUT2D eigenvalue weighted by Gasteiger charge is 2.38. The number of para-hydroxylation sites is 1. The number of aryl methyl sites for hydroxylation is 1. The zero-order valence-electron chi connectivity index (χ0n) is 14.1. The van der Waals surface area contributed by atoms with Crippen molar-refractivity contribution in [3.05, 3.63) is 58.6 Å². The zero-order valence-corrected chi connectivity index (χ0v) is 14.8. The number of carbonyl (C=O) groups excluding carboxylic acids is 2. The predicted octanol–water partition coefficient (Wildman–Crippen LogP) is 3.25. The van der Waals surface area contributed by atoms with Gasteiger partial charge in [-0.3, -0.25) is 9.59 Å². The van der Waals surface area contributed by atoms with E-state index in [1.54, 1.807) is 23.1 Å². The molecule has 0 saturated carbocycles. The molecule has 1 aliphatic heterocycles. The largest absolute Gasteiger partial charge is 0.492 e. The second-order valence-corrected chi connectivity index (χ2v) is 6.37. The van der Waals surface area contributed by atoms with Gasteiger partial charge in [0.15, 0.2) is 0 Å². The van der Waals surface area contributed by atoms with Crippen molar-refractivity contribution in [2.45, 2.75) is 19.9 Å². The van der Waals surface area contributed by atoms with E-state index in [2.05, 4.69) is 5.32 Å². The van der Waals surface area contributed by atoms with Crippen molar-refractivity contribution < 1.29 is 14.3 Å². The highest BCUT2D eigenvalue weighted by Crippen LogP contribution is 2.40. The molecule has 6 heteroatoms. The van der Waals surface area contributed by atoms with Gasteiger partial charge in [-0.25, -0.2) is 0 Å². The maximum absolute atomic E-state index is 12.7. The van der Waals surface area contributed by atoms with Gasteiger partial charge in [0.05, 0.1) is 17.3 Å². The molecular weight excluding hydrogens is 340 g/mol. The number of nitrogens with zero attached hydrogens (tertiary/aromatic N) is 1. The second-order valence-electron chi connectivity index (χ2n) is 5.96. The summed E-state index contributed by atoms with van der Waals surface area (Å²) in [7, 11) is 0. The van der Waals surface area contributed by atoms with Crippen LogP contribution in [0.1, 0.15) is 24.1 Å². The van der Waals surface area contributed by atoms with Crippen LogP contribution >= 0.6 is 11.6 Å². The molecule has 2 amide bonds. The van der Waals surface area contributed by atoms with Gasteiger partial charge in [-0.15, -0.1) is 0 Å². The van der Waals surface area contributed by atoms with Crippen LogP contribution in [-0.2, 0) is 9.59 Å². The molecule has 130 valence electrons. The van der Waals surface area contributed by atoms with Crippen molar-refractivity contribution in [2.75, 3.05) is 18.1 Å². The maximum Gasteiger partial charge on any atom is 0.254 e. The SMILES string of the molecule is CC(=O)NC1C(=O)N(CCOc2ccc(C)cc2)c2c(Cl)cccc21. The van der Waals surface area contributed by atoms with Gasteiger partial charge in [-0.2, -0.15) is 0 Å². The van der Waals surface area contributed by atoms with Gasteiger partial charge in [-0.1, -0.05) is 41.4 Å². The summed E-state index contributed by atoms with van der Waals surface area (Å²) < 4.78 is 5.72. The number of halogens is 1. The second kappa shape index (κ2) is 7.15. The van der Waals surface area contributed by atoms with Gasteiger partial charge in [0.2, 0.25) is 5.91 Å². The molecule has 1 N–H and O–H groups in total. The quantitative estimate of drug-likeness (QED) is 0.892. The van der Waals surface area contributed by atoms with Crippen molar-refractivity contribution >= 4 is 29.1 Å². The Morgan fingerprint density at radius 2 is 1.96 bits per heavy atom. The summed E-state index contributed by atoms with van der Waals surface area (Å²) in [5, 5.41) is 3.17. The van der Waals surface area contributed by atoms with Crippen LogP contribution < -0.4 is 15.0 Å². The average molecular weight is 359 g/mol. The standard InChI is InChI=1S/C19H19ClN2O3/c1-12-6-8-14(9-7-12)25-11-10-22-18-15(4-3-5-16(18)20)17(19(22)24)21-13(2)23/h3-9,17H,10-11H2,1-2H3,(H,21,23). The van der Waals surface area contributed by atoms with Crippen LogP contribution in [-0.4, -0.2) is 25.0 Å². The summed E-state index contributed by atoms with van der Waals surface area (Å²) >= 11 is 6.30. The molecule has 0 aliphatic carbocycles. The Balaban J connectivity index is 1.76. The smallest absolute Gasteiger partial charge is 0.254 e. The number of benzene rings is 2. The molecule has 0 aromatic heterocycles. The minimum atomic E-state index is -0.703. The van der Waals surface area contributed by atoms with Gasteiger partial charge >= 0.3 is 0 Å². The summed E-state index contributed by atoms with van der Waals surface area (Å²) in [6, 6.07) is 12.3. The Kier molecular flexibility index (Phi) is 4.95. The molecule has 1 atom stereocenters. The van der Waals surface area contributed by atoms with E-state index in [4.69, 9.17) is 16.3 Å². The van der Waals surface area contributed by atoms with Crippen LogP contribution in [0.4, 0.5) is 5.69 Å². The Labute approximate surface area is 151 Å². The van der Waals surface area contributed by atoms with E-state index in [1.165, 1.54) is 6.92 Å². The van der Waals surface area contributed by atoms with E-state index in [-0.39, 0.29) is 11.8 Å². The van der Waals surface area contributed by atoms with E-state index >= 15 is 0 Å². The Bertz CT molecular complexity index is 805. The highest BCUT2D eigenvalue weighted by atomic mass is 35.5. The molecule has 1 aliphatic rings. The fraction of sp³-hybridized carbons (Fsp3) is 0.263. The number of hydrogen-bond acceptors (Lipinski definition) is 3. The molecule has 25 heavy (non-hydrogen) atoms. The lowest BCUT2D eigenvalue weighted by Gasteiger charge is -2.19. The topological polar surface area (TPSA) is 58.6 Å². The van der Waals surface area contributed by atoms with Crippen LogP contribution in [0.2, 0.25) is 5.02 Å². The van der Waals surface area contributed by atoms with Crippen LogP contribution in [0.5, 0.6) is 5.75 Å². The molecule has 2 aromatic rings. The van der Waals surface area contributed by atoms with Crippen molar-refractivity contribution in [3.8, 4) is 5.75 Å². The molecule has 0 saturated heterocycles. The van der Waals surface area contributed by atoms with Crippen LogP contribution in [0, 0.1) is 6.92 Å². The van der Waals surface area contributed by atoms with Crippen molar-refractivity contribution in [2.24, 2.45) is 0 Å². The third-order valence-electron chi connectivity index (χ3n) is 4.06. The molecule has 1 heterocycles. The Morgan fingerprint density at radius 3 is 2.64 bits per heavy atom. The molecule has 0 spiro atoms. The summed E-state index contributed by atoms with van der Waals surface area (Å²) in [6.07, 6.45) is 0. The summed E-state index contributed by atoms with van der Waals surface area (Å²) in [4.78, 5) is 25.7. The van der Waals surface area contributed by atoms with Gasteiger partial charge in [0.1, 0.15) is 18.4 Å². The summed E-state index contributed by atoms with van der Waals surface area (Å²) in [5.41, 5.74) is 2.50. The lowest BCUT2D eigenvalue weighted by molar-refractivity contribution is -0.126. The Morgan fingerprint density at radius 1 is 1.24 bits per heavy atom. The van der Waals surface area contributed by atoms with Crippen LogP contribution in [0.25, 0.3) is 0 Å². The van der Waals surface area contributed by atoms with Crippen molar-refractivity contribution in [1.82, 2.24) is 5.32 Å². The maximum atomic E-state index is 12.7. The lowest BCUT2D eigenvalue weighted by atomic mass is 10.1. The first-order valence-corrected chi connectivity index (χ1v) is 8.41. The molecule has 1 unspecified atom stereocenters. The van der Waals surface area contributed by atoms with E-state index in [0.717, 1.165) is 11.3 Å². The first-order chi connectivity index (χ1) is 12.0. The van der Waals surface area contributed by atoms with E-state index in [1.807, 2.05) is 31.2 Å². The van der Waals surface area contributed by atoms with E-state index in [9.17, 15) is 9.59 Å². The first kappa shape index (κ1) is 17.3. The minimum absolute atomic E-state index is 0.203. The molecule has 5 nitrogen and oxygen atoms in total. The number of hydrogen-bond donors (Lipinski definition) is 1. The van der Waals surface area contributed by atoms with Gasteiger partial charge < -0.3 is 15.0 Å². The summed E-state index contributed by atoms with van der Waals surface area (Å²) in [5.74, 6) is 0.280. The monoisotopic (exact) mass is 358 g/mol. The fourth-order valence-electron chi connectivity index (χ4n) is 2.90. The molecule has 0 fully saturated rings. The predicted molar refractivity (Wildman–Crippen MR) is 97.0 cm³/mol. The number of anilines is 1. The minimum Gasteiger partial charge on any atom is -0.492 e. The molecular formula is C19H19ClN2O3. The number of nitrogens with one attached hydrogen (secondary N) is 1.